The summed E-state index contributed by atoms with van der Waals surface area (Å²) in [6.45, 7) is 3.65. The van der Waals surface area contributed by atoms with E-state index in [0.717, 1.165) is 4.47 Å². The van der Waals surface area contributed by atoms with Gasteiger partial charge in [-0.15, -0.1) is 0 Å². The van der Waals surface area contributed by atoms with Crippen LogP contribution in [0.4, 0.5) is 5.69 Å². The average Bonchev–Trinajstić information content (AvgIpc) is 2.56. The highest BCUT2D eigenvalue weighted by molar-refractivity contribution is 9.10. The molecule has 0 fully saturated rings. The van der Waals surface area contributed by atoms with Crippen molar-refractivity contribution in [3.63, 3.8) is 0 Å². The summed E-state index contributed by atoms with van der Waals surface area (Å²) >= 11 is 9.20. The van der Waals surface area contributed by atoms with Crippen molar-refractivity contribution in [2.45, 2.75) is 19.9 Å². The second kappa shape index (κ2) is 8.36. The molecule has 0 aliphatic heterocycles. The van der Waals surface area contributed by atoms with Crippen LogP contribution in [0.2, 0.25) is 5.02 Å². The van der Waals surface area contributed by atoms with Crippen molar-refractivity contribution >= 4 is 45.0 Å². The van der Waals surface area contributed by atoms with Crippen LogP contribution in [0.15, 0.2) is 46.9 Å². The Morgan fingerprint density at radius 2 is 1.76 bits per heavy atom. The summed E-state index contributed by atoms with van der Waals surface area (Å²) in [7, 11) is 0. The highest BCUT2D eigenvalue weighted by Gasteiger charge is 2.26. The maximum Gasteiger partial charge on any atom is 0.255 e. The first-order valence-electron chi connectivity index (χ1n) is 7.63. The monoisotopic (exact) mass is 424 g/mol. The molecule has 0 aliphatic rings. The smallest absolute Gasteiger partial charge is 0.255 e. The fraction of sp³-hybridized carbons (Fsp3) is 0.222. The predicted molar refractivity (Wildman–Crippen MR) is 102 cm³/mol. The molecule has 0 radical (unpaired) electrons. The number of amides is 2. The fourth-order valence-electron chi connectivity index (χ4n) is 2.20. The number of carbonyl (C=O) groups is 2. The minimum absolute atomic E-state index is 0.0228. The number of phenolic OH excluding ortho intramolecular Hbond substituents is 1. The van der Waals surface area contributed by atoms with Crippen molar-refractivity contribution in [2.24, 2.45) is 5.92 Å². The average molecular weight is 426 g/mol. The van der Waals surface area contributed by atoms with E-state index in [4.69, 9.17) is 11.6 Å². The topological polar surface area (TPSA) is 78.4 Å². The van der Waals surface area contributed by atoms with Crippen LogP contribution in [0.25, 0.3) is 0 Å². The molecule has 0 saturated heterocycles. The van der Waals surface area contributed by atoms with Crippen LogP contribution in [0.5, 0.6) is 5.75 Å². The van der Waals surface area contributed by atoms with Crippen molar-refractivity contribution in [3.8, 4) is 5.75 Å². The van der Waals surface area contributed by atoms with Gasteiger partial charge < -0.3 is 15.7 Å². The van der Waals surface area contributed by atoms with Gasteiger partial charge in [0.2, 0.25) is 5.91 Å². The van der Waals surface area contributed by atoms with Crippen molar-refractivity contribution in [2.75, 3.05) is 5.32 Å². The van der Waals surface area contributed by atoms with Gasteiger partial charge in [0, 0.05) is 15.2 Å². The molecule has 0 saturated carbocycles. The second-order valence-electron chi connectivity index (χ2n) is 5.85. The Labute approximate surface area is 159 Å². The number of aromatic hydroxyl groups is 1. The number of rotatable bonds is 5. The SMILES string of the molecule is CC(C)[C@@H](NC(=O)c1cc(Cl)ccc1O)C(=O)Nc1ccc(Br)cc1. The van der Waals surface area contributed by atoms with Crippen LogP contribution in [-0.2, 0) is 4.79 Å². The molecular weight excluding hydrogens is 408 g/mol. The molecule has 25 heavy (non-hydrogen) atoms. The molecule has 0 bridgehead atoms. The minimum Gasteiger partial charge on any atom is -0.507 e. The van der Waals surface area contributed by atoms with Crippen LogP contribution < -0.4 is 10.6 Å². The molecule has 0 spiro atoms. The fourth-order valence-corrected chi connectivity index (χ4v) is 2.63. The van der Waals surface area contributed by atoms with E-state index in [2.05, 4.69) is 26.6 Å². The Morgan fingerprint density at radius 1 is 1.12 bits per heavy atom. The molecule has 2 rings (SSSR count). The molecule has 2 aromatic rings. The number of nitrogens with one attached hydrogen (secondary N) is 2. The van der Waals surface area contributed by atoms with Gasteiger partial charge >= 0.3 is 0 Å². The number of benzene rings is 2. The van der Waals surface area contributed by atoms with Crippen LogP contribution in [-0.4, -0.2) is 23.0 Å². The van der Waals surface area contributed by atoms with E-state index >= 15 is 0 Å². The van der Waals surface area contributed by atoms with Gasteiger partial charge in [-0.05, 0) is 48.4 Å². The van der Waals surface area contributed by atoms with Gasteiger partial charge in [-0.25, -0.2) is 0 Å². The maximum atomic E-state index is 12.5. The standard InChI is InChI=1S/C18H18BrClN2O3/c1-10(2)16(18(25)21-13-6-3-11(19)4-7-13)22-17(24)14-9-12(20)5-8-15(14)23/h3-10,16,23H,1-2H3,(H,21,25)(H,22,24)/t16-/m1/s1. The second-order valence-corrected chi connectivity index (χ2v) is 7.20. The van der Waals surface area contributed by atoms with Crippen molar-refractivity contribution in [3.05, 3.63) is 57.5 Å². The van der Waals surface area contributed by atoms with E-state index in [0.29, 0.717) is 10.7 Å². The largest absolute Gasteiger partial charge is 0.507 e. The third kappa shape index (κ3) is 5.21. The zero-order chi connectivity index (χ0) is 18.6. The molecule has 0 aromatic heterocycles. The molecule has 0 aliphatic carbocycles. The summed E-state index contributed by atoms with van der Waals surface area (Å²) in [5, 5.41) is 15.6. The molecular formula is C18H18BrClN2O3. The van der Waals surface area contributed by atoms with Gasteiger partial charge in [0.15, 0.2) is 0 Å². The van der Waals surface area contributed by atoms with Crippen LogP contribution >= 0.6 is 27.5 Å². The first kappa shape index (κ1) is 19.3. The lowest BCUT2D eigenvalue weighted by Crippen LogP contribution is -2.47. The molecule has 2 aromatic carbocycles. The molecule has 132 valence electrons. The van der Waals surface area contributed by atoms with E-state index in [1.165, 1.54) is 18.2 Å². The first-order valence-corrected chi connectivity index (χ1v) is 8.81. The van der Waals surface area contributed by atoms with E-state index in [9.17, 15) is 14.7 Å². The lowest BCUT2D eigenvalue weighted by atomic mass is 10.0. The lowest BCUT2D eigenvalue weighted by molar-refractivity contribution is -0.118. The number of hydrogen-bond donors (Lipinski definition) is 3. The number of phenols is 1. The van der Waals surface area contributed by atoms with Gasteiger partial charge in [0.25, 0.3) is 5.91 Å². The quantitative estimate of drug-likeness (QED) is 0.672. The Balaban J connectivity index is 2.14. The highest BCUT2D eigenvalue weighted by Crippen LogP contribution is 2.22. The van der Waals surface area contributed by atoms with E-state index in [-0.39, 0.29) is 23.1 Å². The summed E-state index contributed by atoms with van der Waals surface area (Å²) in [5.74, 6) is -1.25. The Hall–Kier alpha value is -2.05. The van der Waals surface area contributed by atoms with Crippen molar-refractivity contribution < 1.29 is 14.7 Å². The van der Waals surface area contributed by atoms with Gasteiger partial charge in [0.05, 0.1) is 5.56 Å². The number of carbonyl (C=O) groups excluding carboxylic acids is 2. The summed E-state index contributed by atoms with van der Waals surface area (Å²) in [6, 6.07) is 10.5. The Bertz CT molecular complexity index is 778. The van der Waals surface area contributed by atoms with E-state index < -0.39 is 11.9 Å². The molecule has 3 N–H and O–H groups in total. The summed E-state index contributed by atoms with van der Waals surface area (Å²) < 4.78 is 0.899. The van der Waals surface area contributed by atoms with Crippen LogP contribution in [0.3, 0.4) is 0 Å². The number of anilines is 1. The van der Waals surface area contributed by atoms with Crippen molar-refractivity contribution in [1.29, 1.82) is 0 Å². The molecule has 1 atom stereocenters. The molecule has 2 amide bonds. The molecule has 7 heteroatoms. The van der Waals surface area contributed by atoms with Gasteiger partial charge in [-0.1, -0.05) is 41.4 Å². The summed E-state index contributed by atoms with van der Waals surface area (Å²) in [4.78, 5) is 24.9. The lowest BCUT2D eigenvalue weighted by Gasteiger charge is -2.22. The molecule has 5 nitrogen and oxygen atoms in total. The van der Waals surface area contributed by atoms with E-state index in [1.807, 2.05) is 26.0 Å². The molecule has 0 heterocycles. The number of hydrogen-bond acceptors (Lipinski definition) is 3. The highest BCUT2D eigenvalue weighted by atomic mass is 79.9. The zero-order valence-corrected chi connectivity index (χ0v) is 16.1. The van der Waals surface area contributed by atoms with Gasteiger partial charge in [0.1, 0.15) is 11.8 Å². The van der Waals surface area contributed by atoms with Gasteiger partial charge in [-0.3, -0.25) is 9.59 Å². The minimum atomic E-state index is -0.769. The van der Waals surface area contributed by atoms with Crippen molar-refractivity contribution in [1.82, 2.24) is 5.32 Å². The first-order chi connectivity index (χ1) is 11.8. The van der Waals surface area contributed by atoms with Gasteiger partial charge in [-0.2, -0.15) is 0 Å². The predicted octanol–water partition coefficient (Wildman–Crippen LogP) is 4.20. The normalized spacial score (nSPS) is 11.9. The summed E-state index contributed by atoms with van der Waals surface area (Å²) in [6.07, 6.45) is 0. The van der Waals surface area contributed by atoms with E-state index in [1.54, 1.807) is 12.1 Å². The Kier molecular flexibility index (Phi) is 6.45. The van der Waals surface area contributed by atoms with Crippen LogP contribution in [0, 0.1) is 5.92 Å². The molecule has 0 unspecified atom stereocenters. The summed E-state index contributed by atoms with van der Waals surface area (Å²) in [5.41, 5.74) is 0.647. The van der Waals surface area contributed by atoms with Crippen LogP contribution in [0.1, 0.15) is 24.2 Å². The third-order valence-electron chi connectivity index (χ3n) is 3.55. The Morgan fingerprint density at radius 3 is 2.36 bits per heavy atom. The maximum absolute atomic E-state index is 12.5. The third-order valence-corrected chi connectivity index (χ3v) is 4.31. The zero-order valence-electron chi connectivity index (χ0n) is 13.7. The number of halogens is 2.